The van der Waals surface area contributed by atoms with Gasteiger partial charge in [-0.15, -0.1) is 0 Å². The van der Waals surface area contributed by atoms with Crippen LogP contribution >= 0.6 is 11.6 Å². The Morgan fingerprint density at radius 1 is 1.22 bits per heavy atom. The number of anilines is 1. The number of allylic oxidation sites excluding steroid dienone is 4. The van der Waals surface area contributed by atoms with E-state index in [0.29, 0.717) is 22.5 Å². The van der Waals surface area contributed by atoms with Crippen LogP contribution in [0.15, 0.2) is 59.7 Å². The molecule has 1 aromatic rings. The van der Waals surface area contributed by atoms with E-state index in [1.807, 2.05) is 19.1 Å². The highest BCUT2D eigenvalue weighted by molar-refractivity contribution is 6.33. The third-order valence-electron chi connectivity index (χ3n) is 5.92. The van der Waals surface area contributed by atoms with Crippen LogP contribution in [0, 0.1) is 11.8 Å². The molecule has 0 unspecified atom stereocenters. The van der Waals surface area contributed by atoms with Crippen LogP contribution in [0.25, 0.3) is 0 Å². The molecular weight excluding hydrogens is 422 g/mol. The van der Waals surface area contributed by atoms with Crippen LogP contribution in [0.2, 0.25) is 5.02 Å². The fourth-order valence-corrected chi connectivity index (χ4v) is 4.06. The van der Waals surface area contributed by atoms with Gasteiger partial charge in [-0.3, -0.25) is 5.32 Å². The van der Waals surface area contributed by atoms with Crippen molar-refractivity contribution in [3.05, 3.63) is 64.7 Å². The quantitative estimate of drug-likeness (QED) is 0.455. The molecule has 1 amide bonds. The van der Waals surface area contributed by atoms with Crippen LogP contribution in [0.1, 0.15) is 66.7 Å². The standard InChI is InChI=1S/C27H38ClNO3/c1-19(2)22-14-13-20(3)9-8-10-21(4)17-23(18-27(5,31)16-15-22)32-26(30)29-25-12-7-6-11-24(25)28/h6-7,9,11-12,15-17,19,22-23,31H,8,10,13-14,18H2,1-5H3,(H,29,30)/b16-15+,20-9+,21-17+/t22-,23+,27-/m1/s1. The molecule has 176 valence electrons. The lowest BCUT2D eigenvalue weighted by Crippen LogP contribution is -2.31. The third kappa shape index (κ3) is 9.22. The molecule has 0 fully saturated rings. The molecule has 4 nitrogen and oxygen atoms in total. The molecule has 3 atom stereocenters. The topological polar surface area (TPSA) is 58.6 Å². The summed E-state index contributed by atoms with van der Waals surface area (Å²) >= 11 is 6.14. The zero-order valence-corrected chi connectivity index (χ0v) is 20.8. The molecule has 0 spiro atoms. The van der Waals surface area contributed by atoms with Gasteiger partial charge in [0.15, 0.2) is 0 Å². The molecule has 1 aliphatic rings. The lowest BCUT2D eigenvalue weighted by molar-refractivity contribution is 0.0471. The molecule has 0 heterocycles. The second-order valence-electron chi connectivity index (χ2n) is 9.52. The molecule has 1 aliphatic carbocycles. The number of amides is 1. The van der Waals surface area contributed by atoms with Crippen molar-refractivity contribution in [2.24, 2.45) is 11.8 Å². The number of hydrogen-bond donors (Lipinski definition) is 2. The molecule has 1 aromatic carbocycles. The van der Waals surface area contributed by atoms with Crippen molar-refractivity contribution in [2.45, 2.75) is 78.4 Å². The average Bonchev–Trinajstić information content (AvgIpc) is 2.68. The average molecular weight is 460 g/mol. The van der Waals surface area contributed by atoms with Gasteiger partial charge in [0, 0.05) is 6.42 Å². The third-order valence-corrected chi connectivity index (χ3v) is 6.25. The molecule has 0 radical (unpaired) electrons. The van der Waals surface area contributed by atoms with Crippen LogP contribution in [-0.2, 0) is 4.74 Å². The summed E-state index contributed by atoms with van der Waals surface area (Å²) in [5, 5.41) is 14.2. The fourth-order valence-electron chi connectivity index (χ4n) is 3.88. The van der Waals surface area contributed by atoms with Gasteiger partial charge in [-0.1, -0.05) is 67.0 Å². The van der Waals surface area contributed by atoms with Crippen LogP contribution in [0.5, 0.6) is 0 Å². The monoisotopic (exact) mass is 459 g/mol. The molecule has 32 heavy (non-hydrogen) atoms. The Morgan fingerprint density at radius 3 is 2.62 bits per heavy atom. The number of halogens is 1. The zero-order chi connectivity index (χ0) is 23.7. The van der Waals surface area contributed by atoms with Gasteiger partial charge in [0.25, 0.3) is 0 Å². The Balaban J connectivity index is 2.23. The molecular formula is C27H38ClNO3. The second kappa shape index (κ2) is 12.3. The number of benzene rings is 1. The summed E-state index contributed by atoms with van der Waals surface area (Å²) in [6.07, 6.45) is 11.3. The SMILES string of the molecule is C/C1=C\[C@H](OC(=O)Nc2ccccc2Cl)C[C@](C)(O)/C=C/[C@H](C(C)C)CC/C(C)=C/CC1. The van der Waals surface area contributed by atoms with Gasteiger partial charge in [-0.05, 0) is 76.5 Å². The Morgan fingerprint density at radius 2 is 1.94 bits per heavy atom. The minimum Gasteiger partial charge on any atom is -0.442 e. The number of rotatable bonds is 3. The van der Waals surface area contributed by atoms with Crippen molar-refractivity contribution >= 4 is 23.4 Å². The lowest BCUT2D eigenvalue weighted by atomic mass is 9.86. The summed E-state index contributed by atoms with van der Waals surface area (Å²) in [5.74, 6) is 0.867. The van der Waals surface area contributed by atoms with Gasteiger partial charge < -0.3 is 9.84 Å². The van der Waals surface area contributed by atoms with Crippen molar-refractivity contribution < 1.29 is 14.6 Å². The summed E-state index contributed by atoms with van der Waals surface area (Å²) in [6.45, 7) is 10.4. The van der Waals surface area contributed by atoms with Crippen molar-refractivity contribution in [2.75, 3.05) is 5.32 Å². The van der Waals surface area contributed by atoms with Crippen LogP contribution in [0.4, 0.5) is 10.5 Å². The molecule has 5 heteroatoms. The van der Waals surface area contributed by atoms with Gasteiger partial charge in [0.2, 0.25) is 0 Å². The number of carbonyl (C=O) groups is 1. The Bertz CT molecular complexity index is 854. The highest BCUT2D eigenvalue weighted by Crippen LogP contribution is 2.27. The summed E-state index contributed by atoms with van der Waals surface area (Å²) in [6, 6.07) is 7.02. The minimum atomic E-state index is -1.10. The zero-order valence-electron chi connectivity index (χ0n) is 20.0. The predicted molar refractivity (Wildman–Crippen MR) is 134 cm³/mol. The highest BCUT2D eigenvalue weighted by Gasteiger charge is 2.26. The Kier molecular flexibility index (Phi) is 10.0. The first-order valence-electron chi connectivity index (χ1n) is 11.5. The Hall–Kier alpha value is -2.04. The van der Waals surface area contributed by atoms with E-state index in [9.17, 15) is 9.90 Å². The van der Waals surface area contributed by atoms with E-state index >= 15 is 0 Å². The highest BCUT2D eigenvalue weighted by atomic mass is 35.5. The number of ether oxygens (including phenoxy) is 1. The van der Waals surface area contributed by atoms with Gasteiger partial charge >= 0.3 is 6.09 Å². The van der Waals surface area contributed by atoms with Crippen molar-refractivity contribution in [1.82, 2.24) is 0 Å². The second-order valence-corrected chi connectivity index (χ2v) is 9.92. The van der Waals surface area contributed by atoms with E-state index in [0.717, 1.165) is 31.3 Å². The van der Waals surface area contributed by atoms with Crippen molar-refractivity contribution in [3.8, 4) is 0 Å². The van der Waals surface area contributed by atoms with Crippen LogP contribution in [-0.4, -0.2) is 22.9 Å². The van der Waals surface area contributed by atoms with Crippen LogP contribution in [0.3, 0.4) is 0 Å². The number of nitrogens with one attached hydrogen (secondary N) is 1. The summed E-state index contributed by atoms with van der Waals surface area (Å²) < 4.78 is 5.72. The summed E-state index contributed by atoms with van der Waals surface area (Å²) in [7, 11) is 0. The number of hydrogen-bond acceptors (Lipinski definition) is 3. The summed E-state index contributed by atoms with van der Waals surface area (Å²) in [4.78, 5) is 12.6. The maximum Gasteiger partial charge on any atom is 0.412 e. The Labute approximate surface area is 198 Å². The molecule has 0 aromatic heterocycles. The molecule has 2 rings (SSSR count). The first kappa shape index (κ1) is 26.2. The van der Waals surface area contributed by atoms with E-state index in [-0.39, 0.29) is 6.42 Å². The van der Waals surface area contributed by atoms with Gasteiger partial charge in [0.05, 0.1) is 16.3 Å². The first-order valence-corrected chi connectivity index (χ1v) is 11.9. The van der Waals surface area contributed by atoms with E-state index in [4.69, 9.17) is 16.3 Å². The number of aliphatic hydroxyl groups is 1. The number of para-hydroxylation sites is 1. The van der Waals surface area contributed by atoms with E-state index in [2.05, 4.69) is 38.2 Å². The van der Waals surface area contributed by atoms with Gasteiger partial charge in [0.1, 0.15) is 6.10 Å². The smallest absolute Gasteiger partial charge is 0.412 e. The number of carbonyl (C=O) groups excluding carboxylic acids is 1. The van der Waals surface area contributed by atoms with E-state index < -0.39 is 17.8 Å². The molecule has 0 saturated carbocycles. The fraction of sp³-hybridized carbons (Fsp3) is 0.519. The maximum atomic E-state index is 12.6. The lowest BCUT2D eigenvalue weighted by Gasteiger charge is -2.26. The minimum absolute atomic E-state index is 0.274. The maximum absolute atomic E-state index is 12.6. The van der Waals surface area contributed by atoms with Crippen molar-refractivity contribution in [3.63, 3.8) is 0 Å². The normalized spacial score (nSPS) is 29.8. The van der Waals surface area contributed by atoms with E-state index in [1.54, 1.807) is 31.2 Å². The van der Waals surface area contributed by atoms with Crippen molar-refractivity contribution in [1.29, 1.82) is 0 Å². The molecule has 0 bridgehead atoms. The molecule has 0 saturated heterocycles. The van der Waals surface area contributed by atoms with Crippen LogP contribution < -0.4 is 5.32 Å². The first-order chi connectivity index (χ1) is 15.1. The predicted octanol–water partition coefficient (Wildman–Crippen LogP) is 7.69. The molecule has 0 aliphatic heterocycles. The van der Waals surface area contributed by atoms with Gasteiger partial charge in [-0.2, -0.15) is 0 Å². The largest absolute Gasteiger partial charge is 0.442 e. The van der Waals surface area contributed by atoms with E-state index in [1.165, 1.54) is 5.57 Å². The molecule has 2 N–H and O–H groups in total. The van der Waals surface area contributed by atoms with Gasteiger partial charge in [-0.25, -0.2) is 4.79 Å². The summed E-state index contributed by atoms with van der Waals surface area (Å²) in [5.41, 5.74) is 1.91.